The second-order valence-electron chi connectivity index (χ2n) is 3.36. The molecular formula is C10H17F3O5. The third-order valence-corrected chi connectivity index (χ3v) is 1.75. The van der Waals surface area contributed by atoms with Crippen LogP contribution in [0.25, 0.3) is 0 Å². The Kier molecular flexibility index (Phi) is 8.69. The average Bonchev–Trinajstić information content (AvgIpc) is 2.24. The van der Waals surface area contributed by atoms with Crippen molar-refractivity contribution in [3.63, 3.8) is 0 Å². The van der Waals surface area contributed by atoms with Crippen LogP contribution in [0.3, 0.4) is 0 Å². The summed E-state index contributed by atoms with van der Waals surface area (Å²) in [5.41, 5.74) is 0. The van der Waals surface area contributed by atoms with Gasteiger partial charge in [0.1, 0.15) is 0 Å². The van der Waals surface area contributed by atoms with Crippen LogP contribution in [0.15, 0.2) is 0 Å². The molecule has 0 aliphatic rings. The molecule has 5 nitrogen and oxygen atoms in total. The van der Waals surface area contributed by atoms with Gasteiger partial charge in [0.15, 0.2) is 0 Å². The molecule has 0 radical (unpaired) electrons. The molecule has 0 aromatic carbocycles. The molecule has 0 saturated carbocycles. The number of halogens is 3. The first kappa shape index (κ1) is 17.1. The van der Waals surface area contributed by atoms with E-state index in [9.17, 15) is 18.0 Å². The molecule has 8 heteroatoms. The highest BCUT2D eigenvalue weighted by molar-refractivity contribution is 5.73. The second kappa shape index (κ2) is 9.12. The fraction of sp³-hybridized carbons (Fsp3) is 0.900. The standard InChI is InChI=1S/C10H17F3O5/c1-2-3-16-4-5-17-6-7-18-8(9(14)15)10(11,12)13/h8H,2-7H2,1H3,(H,14,15). The Labute approximate surface area is 103 Å². The molecule has 0 aromatic rings. The predicted molar refractivity (Wildman–Crippen MR) is 55.4 cm³/mol. The summed E-state index contributed by atoms with van der Waals surface area (Å²) in [5, 5.41) is 8.30. The van der Waals surface area contributed by atoms with E-state index < -0.39 is 24.9 Å². The molecule has 1 N–H and O–H groups in total. The Balaban J connectivity index is 3.60. The summed E-state index contributed by atoms with van der Waals surface area (Å²) in [6, 6.07) is 0. The quantitative estimate of drug-likeness (QED) is 0.611. The molecule has 0 fully saturated rings. The largest absolute Gasteiger partial charge is 0.479 e. The summed E-state index contributed by atoms with van der Waals surface area (Å²) in [6.45, 7) is 2.55. The summed E-state index contributed by atoms with van der Waals surface area (Å²) in [7, 11) is 0. The number of carboxylic acids is 1. The van der Waals surface area contributed by atoms with Crippen molar-refractivity contribution in [2.24, 2.45) is 0 Å². The van der Waals surface area contributed by atoms with E-state index in [2.05, 4.69) is 4.74 Å². The third kappa shape index (κ3) is 8.26. The van der Waals surface area contributed by atoms with Crippen LogP contribution in [-0.4, -0.2) is 56.4 Å². The minimum atomic E-state index is -4.92. The fourth-order valence-corrected chi connectivity index (χ4v) is 0.997. The van der Waals surface area contributed by atoms with Gasteiger partial charge in [-0.25, -0.2) is 4.79 Å². The van der Waals surface area contributed by atoms with Crippen LogP contribution in [0, 0.1) is 0 Å². The Morgan fingerprint density at radius 2 is 1.61 bits per heavy atom. The first-order valence-electron chi connectivity index (χ1n) is 5.46. The molecule has 18 heavy (non-hydrogen) atoms. The van der Waals surface area contributed by atoms with Gasteiger partial charge in [0.2, 0.25) is 0 Å². The van der Waals surface area contributed by atoms with E-state index in [1.165, 1.54) is 0 Å². The van der Waals surface area contributed by atoms with Gasteiger partial charge in [-0.1, -0.05) is 6.92 Å². The molecule has 0 rings (SSSR count). The molecule has 0 heterocycles. The van der Waals surface area contributed by atoms with Crippen LogP contribution in [0.4, 0.5) is 13.2 Å². The molecule has 108 valence electrons. The molecule has 0 aromatic heterocycles. The van der Waals surface area contributed by atoms with Crippen molar-refractivity contribution in [3.8, 4) is 0 Å². The predicted octanol–water partition coefficient (Wildman–Crippen LogP) is 1.46. The topological polar surface area (TPSA) is 65.0 Å². The van der Waals surface area contributed by atoms with Gasteiger partial charge in [0.05, 0.1) is 26.4 Å². The highest BCUT2D eigenvalue weighted by Crippen LogP contribution is 2.22. The average molecular weight is 274 g/mol. The van der Waals surface area contributed by atoms with Gasteiger partial charge in [0.25, 0.3) is 6.10 Å². The lowest BCUT2D eigenvalue weighted by atomic mass is 10.3. The van der Waals surface area contributed by atoms with Crippen molar-refractivity contribution >= 4 is 5.97 Å². The zero-order chi connectivity index (χ0) is 14.0. The normalized spacial score (nSPS) is 13.6. The number of rotatable bonds is 10. The van der Waals surface area contributed by atoms with E-state index in [0.717, 1.165) is 6.42 Å². The number of alkyl halides is 3. The molecular weight excluding hydrogens is 257 g/mol. The van der Waals surface area contributed by atoms with Gasteiger partial charge in [-0.2, -0.15) is 13.2 Å². The van der Waals surface area contributed by atoms with Crippen LogP contribution in [-0.2, 0) is 19.0 Å². The van der Waals surface area contributed by atoms with E-state index in [1.807, 2.05) is 6.92 Å². The highest BCUT2D eigenvalue weighted by atomic mass is 19.4. The van der Waals surface area contributed by atoms with Crippen LogP contribution < -0.4 is 0 Å². The Morgan fingerprint density at radius 3 is 2.06 bits per heavy atom. The summed E-state index contributed by atoms with van der Waals surface area (Å²) >= 11 is 0. The number of hydrogen-bond donors (Lipinski definition) is 1. The lowest BCUT2D eigenvalue weighted by Gasteiger charge is -2.16. The first-order chi connectivity index (χ1) is 8.39. The zero-order valence-corrected chi connectivity index (χ0v) is 10.0. The van der Waals surface area contributed by atoms with E-state index in [0.29, 0.717) is 13.2 Å². The van der Waals surface area contributed by atoms with Gasteiger partial charge in [-0.15, -0.1) is 0 Å². The Hall–Kier alpha value is -0.860. The monoisotopic (exact) mass is 274 g/mol. The minimum Gasteiger partial charge on any atom is -0.479 e. The van der Waals surface area contributed by atoms with Crippen LogP contribution in [0.2, 0.25) is 0 Å². The molecule has 0 aliphatic carbocycles. The van der Waals surface area contributed by atoms with Crippen molar-refractivity contribution in [3.05, 3.63) is 0 Å². The summed E-state index contributed by atoms with van der Waals surface area (Å²) in [5.74, 6) is -2.06. The molecule has 0 amide bonds. The third-order valence-electron chi connectivity index (χ3n) is 1.75. The summed E-state index contributed by atoms with van der Waals surface area (Å²) in [4.78, 5) is 10.3. The van der Waals surface area contributed by atoms with Gasteiger partial charge >= 0.3 is 12.1 Å². The van der Waals surface area contributed by atoms with Crippen LogP contribution >= 0.6 is 0 Å². The van der Waals surface area contributed by atoms with Gasteiger partial charge < -0.3 is 19.3 Å². The van der Waals surface area contributed by atoms with Crippen molar-refractivity contribution in [2.75, 3.05) is 33.0 Å². The lowest BCUT2D eigenvalue weighted by Crippen LogP contribution is -2.39. The molecule has 0 spiro atoms. The smallest absolute Gasteiger partial charge is 0.425 e. The van der Waals surface area contributed by atoms with Crippen LogP contribution in [0.1, 0.15) is 13.3 Å². The maximum atomic E-state index is 12.1. The Morgan fingerprint density at radius 1 is 1.11 bits per heavy atom. The van der Waals surface area contributed by atoms with Gasteiger partial charge in [0, 0.05) is 6.61 Å². The van der Waals surface area contributed by atoms with Gasteiger partial charge in [-0.3, -0.25) is 0 Å². The van der Waals surface area contributed by atoms with Gasteiger partial charge in [-0.05, 0) is 6.42 Å². The number of hydrogen-bond acceptors (Lipinski definition) is 4. The van der Waals surface area contributed by atoms with E-state index >= 15 is 0 Å². The van der Waals surface area contributed by atoms with Crippen molar-refractivity contribution in [2.45, 2.75) is 25.6 Å². The van der Waals surface area contributed by atoms with Crippen molar-refractivity contribution in [1.29, 1.82) is 0 Å². The number of carboxylic acid groups (broad SMARTS) is 1. The van der Waals surface area contributed by atoms with Crippen molar-refractivity contribution < 1.29 is 37.3 Å². The summed E-state index contributed by atoms with van der Waals surface area (Å²) < 4.78 is 50.5. The minimum absolute atomic E-state index is 0.116. The lowest BCUT2D eigenvalue weighted by molar-refractivity contribution is -0.229. The molecule has 1 atom stereocenters. The molecule has 1 unspecified atom stereocenters. The maximum Gasteiger partial charge on any atom is 0.425 e. The highest BCUT2D eigenvalue weighted by Gasteiger charge is 2.46. The van der Waals surface area contributed by atoms with E-state index in [4.69, 9.17) is 14.6 Å². The fourth-order valence-electron chi connectivity index (χ4n) is 0.997. The van der Waals surface area contributed by atoms with Crippen molar-refractivity contribution in [1.82, 2.24) is 0 Å². The second-order valence-corrected chi connectivity index (χ2v) is 3.36. The SMILES string of the molecule is CCCOCCOCCOC(C(=O)O)C(F)(F)F. The molecule has 0 aliphatic heterocycles. The number of aliphatic carboxylic acids is 1. The zero-order valence-electron chi connectivity index (χ0n) is 10.0. The van der Waals surface area contributed by atoms with Crippen LogP contribution in [0.5, 0.6) is 0 Å². The molecule has 0 saturated heterocycles. The summed E-state index contributed by atoms with van der Waals surface area (Å²) in [6.07, 6.45) is -6.86. The van der Waals surface area contributed by atoms with E-state index in [-0.39, 0.29) is 13.2 Å². The van der Waals surface area contributed by atoms with E-state index in [1.54, 1.807) is 0 Å². The first-order valence-corrected chi connectivity index (χ1v) is 5.46. The number of carbonyl (C=O) groups is 1. The molecule has 0 bridgehead atoms. The number of ether oxygens (including phenoxy) is 3. The Bertz CT molecular complexity index is 232. The maximum absolute atomic E-state index is 12.1.